The highest BCUT2D eigenvalue weighted by molar-refractivity contribution is 5.30. The molecule has 0 unspecified atom stereocenters. The second-order valence-electron chi connectivity index (χ2n) is 3.72. The molecule has 0 saturated heterocycles. The molecule has 1 N–H and O–H groups in total. The highest BCUT2D eigenvalue weighted by Crippen LogP contribution is 2.16. The van der Waals surface area contributed by atoms with Crippen molar-refractivity contribution in [2.45, 2.75) is 33.2 Å². The zero-order valence-corrected chi connectivity index (χ0v) is 9.15. The molecule has 0 aliphatic rings. The summed E-state index contributed by atoms with van der Waals surface area (Å²) in [6, 6.07) is 0. The van der Waals surface area contributed by atoms with Crippen LogP contribution in [0.2, 0.25) is 0 Å². The number of hydrogen-bond acceptors (Lipinski definition) is 1. The van der Waals surface area contributed by atoms with Gasteiger partial charge in [0.25, 0.3) is 0 Å². The number of aromatic amines is 1. The average Bonchev–Trinajstić information content (AvgIpc) is 2.45. The largest absolute Gasteiger partial charge is 0.363 e. The summed E-state index contributed by atoms with van der Waals surface area (Å²) in [7, 11) is 4.21. The first-order valence-corrected chi connectivity index (χ1v) is 5.01. The summed E-state index contributed by atoms with van der Waals surface area (Å²) in [5, 5.41) is 0. The topological polar surface area (TPSA) is 19.0 Å². The number of hydrogen-bond donors (Lipinski definition) is 1. The quantitative estimate of drug-likeness (QED) is 0.752. The maximum Gasteiger partial charge on any atom is 0.0381 e. The van der Waals surface area contributed by atoms with E-state index in [1.807, 2.05) is 0 Å². The van der Waals surface area contributed by atoms with Gasteiger partial charge < -0.3 is 9.88 Å². The molecule has 0 radical (unpaired) electrons. The van der Waals surface area contributed by atoms with E-state index in [4.69, 9.17) is 0 Å². The molecule has 0 aliphatic heterocycles. The van der Waals surface area contributed by atoms with Crippen LogP contribution < -0.4 is 0 Å². The number of aromatic nitrogens is 1. The minimum atomic E-state index is 1.02. The van der Waals surface area contributed by atoms with Crippen molar-refractivity contribution in [3.8, 4) is 0 Å². The first-order valence-electron chi connectivity index (χ1n) is 5.01. The van der Waals surface area contributed by atoms with Crippen LogP contribution in [0.25, 0.3) is 0 Å². The van der Waals surface area contributed by atoms with Crippen molar-refractivity contribution in [2.75, 3.05) is 14.1 Å². The SMILES string of the molecule is CCc1c[nH]c(CN(C)C)c1CC. The van der Waals surface area contributed by atoms with E-state index in [0.717, 1.165) is 19.4 Å². The maximum atomic E-state index is 3.37. The van der Waals surface area contributed by atoms with Crippen LogP contribution in [0.5, 0.6) is 0 Å². The average molecular weight is 180 g/mol. The van der Waals surface area contributed by atoms with Gasteiger partial charge in [0.2, 0.25) is 0 Å². The van der Waals surface area contributed by atoms with Crippen LogP contribution in [-0.4, -0.2) is 24.0 Å². The summed E-state index contributed by atoms with van der Waals surface area (Å²) < 4.78 is 0. The zero-order chi connectivity index (χ0) is 9.84. The van der Waals surface area contributed by atoms with Crippen molar-refractivity contribution in [3.63, 3.8) is 0 Å². The fourth-order valence-electron chi connectivity index (χ4n) is 1.76. The second-order valence-corrected chi connectivity index (χ2v) is 3.72. The monoisotopic (exact) mass is 180 g/mol. The third-order valence-electron chi connectivity index (χ3n) is 2.38. The fraction of sp³-hybridized carbons (Fsp3) is 0.636. The third-order valence-corrected chi connectivity index (χ3v) is 2.38. The number of H-pyrrole nitrogens is 1. The Hall–Kier alpha value is -0.760. The van der Waals surface area contributed by atoms with E-state index in [0.29, 0.717) is 0 Å². The minimum Gasteiger partial charge on any atom is -0.363 e. The van der Waals surface area contributed by atoms with Crippen molar-refractivity contribution in [3.05, 3.63) is 23.0 Å². The number of aryl methyl sites for hydroxylation is 1. The number of rotatable bonds is 4. The molecular weight excluding hydrogens is 160 g/mol. The van der Waals surface area contributed by atoms with Crippen molar-refractivity contribution < 1.29 is 0 Å². The molecule has 2 heteroatoms. The number of nitrogens with zero attached hydrogens (tertiary/aromatic N) is 1. The predicted octanol–water partition coefficient (Wildman–Crippen LogP) is 2.20. The van der Waals surface area contributed by atoms with Crippen LogP contribution in [0.3, 0.4) is 0 Å². The van der Waals surface area contributed by atoms with E-state index in [9.17, 15) is 0 Å². The van der Waals surface area contributed by atoms with Crippen LogP contribution in [0.15, 0.2) is 6.20 Å². The van der Waals surface area contributed by atoms with Gasteiger partial charge in [0.1, 0.15) is 0 Å². The lowest BCUT2D eigenvalue weighted by Gasteiger charge is -2.10. The van der Waals surface area contributed by atoms with Crippen LogP contribution in [0.4, 0.5) is 0 Å². The highest BCUT2D eigenvalue weighted by Gasteiger charge is 2.07. The second kappa shape index (κ2) is 4.47. The molecule has 1 aromatic heterocycles. The molecule has 0 aromatic carbocycles. The summed E-state index contributed by atoms with van der Waals surface area (Å²) in [5.74, 6) is 0. The Kier molecular flexibility index (Phi) is 3.55. The van der Waals surface area contributed by atoms with E-state index >= 15 is 0 Å². The van der Waals surface area contributed by atoms with Gasteiger partial charge in [-0.15, -0.1) is 0 Å². The number of nitrogens with one attached hydrogen (secondary N) is 1. The van der Waals surface area contributed by atoms with E-state index < -0.39 is 0 Å². The predicted molar refractivity (Wildman–Crippen MR) is 56.9 cm³/mol. The molecule has 13 heavy (non-hydrogen) atoms. The van der Waals surface area contributed by atoms with Crippen LogP contribution in [0, 0.1) is 0 Å². The lowest BCUT2D eigenvalue weighted by molar-refractivity contribution is 0.396. The van der Waals surface area contributed by atoms with E-state index in [2.05, 4.69) is 44.0 Å². The van der Waals surface area contributed by atoms with Crippen molar-refractivity contribution in [1.82, 2.24) is 9.88 Å². The lowest BCUT2D eigenvalue weighted by Crippen LogP contribution is -2.12. The van der Waals surface area contributed by atoms with E-state index in [1.54, 1.807) is 0 Å². The Morgan fingerprint density at radius 3 is 2.38 bits per heavy atom. The summed E-state index contributed by atoms with van der Waals surface area (Å²) in [6.07, 6.45) is 4.42. The third kappa shape index (κ3) is 2.34. The van der Waals surface area contributed by atoms with Gasteiger partial charge in [0.05, 0.1) is 0 Å². The fourth-order valence-corrected chi connectivity index (χ4v) is 1.76. The Bertz CT molecular complexity index is 261. The summed E-state index contributed by atoms with van der Waals surface area (Å²) in [4.78, 5) is 5.56. The molecule has 74 valence electrons. The molecule has 0 spiro atoms. The smallest absolute Gasteiger partial charge is 0.0381 e. The minimum absolute atomic E-state index is 1.02. The molecule has 1 rings (SSSR count). The first-order chi connectivity index (χ1) is 6.19. The van der Waals surface area contributed by atoms with Gasteiger partial charge in [0.15, 0.2) is 0 Å². The molecule has 0 atom stereocenters. The summed E-state index contributed by atoms with van der Waals surface area (Å²) in [5.41, 5.74) is 4.36. The van der Waals surface area contributed by atoms with E-state index in [1.165, 1.54) is 16.8 Å². The molecule has 2 nitrogen and oxygen atoms in total. The van der Waals surface area contributed by atoms with Gasteiger partial charge in [-0.25, -0.2) is 0 Å². The van der Waals surface area contributed by atoms with Gasteiger partial charge >= 0.3 is 0 Å². The molecule has 0 saturated carbocycles. The molecule has 0 aliphatic carbocycles. The molecule has 0 amide bonds. The Balaban J connectivity index is 2.87. The van der Waals surface area contributed by atoms with Crippen molar-refractivity contribution in [2.24, 2.45) is 0 Å². The molecule has 1 heterocycles. The summed E-state index contributed by atoms with van der Waals surface area (Å²) in [6.45, 7) is 5.45. The van der Waals surface area contributed by atoms with E-state index in [-0.39, 0.29) is 0 Å². The van der Waals surface area contributed by atoms with Gasteiger partial charge in [-0.1, -0.05) is 13.8 Å². The zero-order valence-electron chi connectivity index (χ0n) is 9.15. The van der Waals surface area contributed by atoms with Crippen molar-refractivity contribution >= 4 is 0 Å². The summed E-state index contributed by atoms with van der Waals surface area (Å²) >= 11 is 0. The Morgan fingerprint density at radius 1 is 1.23 bits per heavy atom. The Morgan fingerprint density at radius 2 is 1.92 bits per heavy atom. The normalized spacial score (nSPS) is 11.2. The molecule has 0 fully saturated rings. The highest BCUT2D eigenvalue weighted by atomic mass is 15.1. The first kappa shape index (κ1) is 10.3. The van der Waals surface area contributed by atoms with Gasteiger partial charge in [-0.05, 0) is 38.1 Å². The molecule has 0 bridgehead atoms. The van der Waals surface area contributed by atoms with Gasteiger partial charge in [-0.2, -0.15) is 0 Å². The maximum absolute atomic E-state index is 3.37. The lowest BCUT2D eigenvalue weighted by atomic mass is 10.1. The molecular formula is C11H20N2. The standard InChI is InChI=1S/C11H20N2/c1-5-9-7-12-11(8-13(3)4)10(9)6-2/h7,12H,5-6,8H2,1-4H3. The van der Waals surface area contributed by atoms with Gasteiger partial charge in [-0.3, -0.25) is 0 Å². The van der Waals surface area contributed by atoms with Crippen LogP contribution >= 0.6 is 0 Å². The van der Waals surface area contributed by atoms with Crippen LogP contribution in [-0.2, 0) is 19.4 Å². The van der Waals surface area contributed by atoms with Crippen molar-refractivity contribution in [1.29, 1.82) is 0 Å². The Labute approximate surface area is 81.0 Å². The molecule has 1 aromatic rings. The van der Waals surface area contributed by atoms with Gasteiger partial charge in [0, 0.05) is 18.4 Å². The van der Waals surface area contributed by atoms with Crippen LogP contribution in [0.1, 0.15) is 30.7 Å².